The molecule has 0 aliphatic rings. The first-order chi connectivity index (χ1) is 8.47. The van der Waals surface area contributed by atoms with E-state index in [1.807, 2.05) is 19.3 Å². The fourth-order valence-corrected chi connectivity index (χ4v) is 2.58. The third-order valence-electron chi connectivity index (χ3n) is 2.38. The number of anilines is 1. The predicted molar refractivity (Wildman–Crippen MR) is 80.2 cm³/mol. The van der Waals surface area contributed by atoms with E-state index < -0.39 is 0 Å². The fourth-order valence-electron chi connectivity index (χ4n) is 1.53. The lowest BCUT2D eigenvalue weighted by Gasteiger charge is -2.08. The summed E-state index contributed by atoms with van der Waals surface area (Å²) < 4.78 is 3.46. The molecule has 0 radical (unpaired) electrons. The maximum atomic E-state index is 12.1. The van der Waals surface area contributed by atoms with Crippen molar-refractivity contribution in [2.24, 2.45) is 7.05 Å². The molecule has 6 heteroatoms. The lowest BCUT2D eigenvalue weighted by molar-refractivity contribution is 0.101. The summed E-state index contributed by atoms with van der Waals surface area (Å²) in [6.07, 6.45) is 1.82. The first kappa shape index (κ1) is 13.6. The van der Waals surface area contributed by atoms with E-state index in [0.29, 0.717) is 16.4 Å². The Morgan fingerprint density at radius 2 is 2.00 bits per heavy atom. The highest BCUT2D eigenvalue weighted by Crippen LogP contribution is 2.26. The monoisotopic (exact) mass is 390 g/mol. The zero-order chi connectivity index (χ0) is 13.3. The molecular formula is C12H9Br2ClN2O. The van der Waals surface area contributed by atoms with E-state index in [1.165, 1.54) is 0 Å². The Morgan fingerprint density at radius 3 is 2.61 bits per heavy atom. The summed E-state index contributed by atoms with van der Waals surface area (Å²) in [5.74, 6) is -0.205. The molecule has 1 aromatic heterocycles. The highest BCUT2D eigenvalue weighted by atomic mass is 79.9. The van der Waals surface area contributed by atoms with Gasteiger partial charge in [0.25, 0.3) is 5.91 Å². The van der Waals surface area contributed by atoms with Gasteiger partial charge in [-0.05, 0) is 40.2 Å². The minimum absolute atomic E-state index is 0.205. The molecule has 0 saturated heterocycles. The lowest BCUT2D eigenvalue weighted by Crippen LogP contribution is -2.15. The average molecular weight is 392 g/mol. The lowest BCUT2D eigenvalue weighted by atomic mass is 10.3. The van der Waals surface area contributed by atoms with Crippen LogP contribution in [0.5, 0.6) is 0 Å². The Balaban J connectivity index is 2.26. The molecule has 1 amide bonds. The number of halogens is 3. The van der Waals surface area contributed by atoms with Gasteiger partial charge < -0.3 is 9.88 Å². The topological polar surface area (TPSA) is 34.0 Å². The number of aryl methyl sites for hydroxylation is 1. The second-order valence-corrected chi connectivity index (χ2v) is 5.97. The quantitative estimate of drug-likeness (QED) is 0.805. The number of aromatic nitrogens is 1. The van der Waals surface area contributed by atoms with Crippen LogP contribution in [0.4, 0.5) is 5.69 Å². The summed E-state index contributed by atoms with van der Waals surface area (Å²) in [4.78, 5) is 12.1. The summed E-state index contributed by atoms with van der Waals surface area (Å²) in [5.41, 5.74) is 1.13. The molecule has 18 heavy (non-hydrogen) atoms. The van der Waals surface area contributed by atoms with Crippen LogP contribution in [0.25, 0.3) is 0 Å². The number of benzene rings is 1. The molecule has 2 aromatic rings. The summed E-state index contributed by atoms with van der Waals surface area (Å²) >= 11 is 12.7. The van der Waals surface area contributed by atoms with Gasteiger partial charge in [-0.25, -0.2) is 0 Å². The van der Waals surface area contributed by atoms with Gasteiger partial charge in [-0.15, -0.1) is 0 Å². The van der Waals surface area contributed by atoms with Crippen LogP contribution >= 0.6 is 43.5 Å². The van der Waals surface area contributed by atoms with Crippen LogP contribution in [-0.4, -0.2) is 10.5 Å². The highest BCUT2D eigenvalue weighted by Gasteiger charge is 2.12. The van der Waals surface area contributed by atoms with Gasteiger partial charge in [-0.1, -0.05) is 27.5 Å². The normalized spacial score (nSPS) is 10.4. The van der Waals surface area contributed by atoms with Gasteiger partial charge in [-0.2, -0.15) is 0 Å². The van der Waals surface area contributed by atoms with Crippen LogP contribution in [0.3, 0.4) is 0 Å². The number of carbonyl (C=O) groups is 1. The van der Waals surface area contributed by atoms with Gasteiger partial charge in [0.1, 0.15) is 5.69 Å². The molecule has 1 heterocycles. The number of amides is 1. The third-order valence-corrected chi connectivity index (χ3v) is 3.64. The van der Waals surface area contributed by atoms with Gasteiger partial charge in [0.2, 0.25) is 0 Å². The van der Waals surface area contributed by atoms with E-state index in [1.54, 1.807) is 22.8 Å². The van der Waals surface area contributed by atoms with Crippen molar-refractivity contribution >= 4 is 55.1 Å². The second-order valence-electron chi connectivity index (χ2n) is 3.73. The molecule has 0 atom stereocenters. The number of nitrogens with zero attached hydrogens (tertiary/aromatic N) is 1. The van der Waals surface area contributed by atoms with E-state index in [2.05, 4.69) is 37.2 Å². The van der Waals surface area contributed by atoms with E-state index in [9.17, 15) is 4.79 Å². The number of nitrogens with one attached hydrogen (secondary N) is 1. The van der Waals surface area contributed by atoms with E-state index in [-0.39, 0.29) is 5.91 Å². The molecule has 1 aromatic carbocycles. The van der Waals surface area contributed by atoms with Gasteiger partial charge in [0, 0.05) is 22.2 Å². The van der Waals surface area contributed by atoms with Crippen molar-refractivity contribution in [3.63, 3.8) is 0 Å². The zero-order valence-electron chi connectivity index (χ0n) is 9.38. The molecular weight excluding hydrogens is 383 g/mol. The van der Waals surface area contributed by atoms with Crippen LogP contribution in [0, 0.1) is 0 Å². The zero-order valence-corrected chi connectivity index (χ0v) is 13.3. The summed E-state index contributed by atoms with van der Waals surface area (Å²) in [5, 5.41) is 3.28. The minimum atomic E-state index is -0.205. The molecule has 0 aliphatic heterocycles. The van der Waals surface area contributed by atoms with E-state index >= 15 is 0 Å². The van der Waals surface area contributed by atoms with Gasteiger partial charge in [-0.3, -0.25) is 4.79 Å². The van der Waals surface area contributed by atoms with Crippen LogP contribution in [0.2, 0.25) is 5.02 Å². The average Bonchev–Trinajstić information content (AvgIpc) is 2.63. The summed E-state index contributed by atoms with van der Waals surface area (Å²) in [6, 6.07) is 7.05. The first-order valence-electron chi connectivity index (χ1n) is 5.05. The molecule has 1 N–H and O–H groups in total. The van der Waals surface area contributed by atoms with Crippen molar-refractivity contribution < 1.29 is 4.79 Å². The molecule has 3 nitrogen and oxygen atoms in total. The summed E-state index contributed by atoms with van der Waals surface area (Å²) in [7, 11) is 1.81. The standard InChI is InChI=1S/C12H9Br2ClN2O/c1-17-6-8(14)5-11(17)12(18)16-10-4-7(13)2-3-9(10)15/h2-6H,1H3,(H,16,18). The van der Waals surface area contributed by atoms with Crippen molar-refractivity contribution in [3.8, 4) is 0 Å². The first-order valence-corrected chi connectivity index (χ1v) is 7.02. The van der Waals surface area contributed by atoms with Crippen LogP contribution in [-0.2, 0) is 7.05 Å². The number of carbonyl (C=O) groups excluding carboxylic acids is 1. The Morgan fingerprint density at radius 1 is 1.28 bits per heavy atom. The Kier molecular flexibility index (Phi) is 4.14. The molecule has 94 valence electrons. The van der Waals surface area contributed by atoms with E-state index in [4.69, 9.17) is 11.6 Å². The molecule has 0 saturated carbocycles. The van der Waals surface area contributed by atoms with Crippen LogP contribution in [0.15, 0.2) is 39.4 Å². The molecule has 2 rings (SSSR count). The second kappa shape index (κ2) is 5.47. The smallest absolute Gasteiger partial charge is 0.272 e. The Labute approximate surface area is 126 Å². The van der Waals surface area contributed by atoms with Crippen molar-refractivity contribution in [2.45, 2.75) is 0 Å². The highest BCUT2D eigenvalue weighted by molar-refractivity contribution is 9.10. The van der Waals surface area contributed by atoms with Gasteiger partial charge >= 0.3 is 0 Å². The maximum Gasteiger partial charge on any atom is 0.272 e. The SMILES string of the molecule is Cn1cc(Br)cc1C(=O)Nc1cc(Br)ccc1Cl. The largest absolute Gasteiger partial charge is 0.345 e. The van der Waals surface area contributed by atoms with Crippen LogP contribution in [0.1, 0.15) is 10.5 Å². The van der Waals surface area contributed by atoms with Crippen molar-refractivity contribution in [1.29, 1.82) is 0 Å². The van der Waals surface area contributed by atoms with Gasteiger partial charge in [0.05, 0.1) is 10.7 Å². The van der Waals surface area contributed by atoms with Crippen molar-refractivity contribution in [3.05, 3.63) is 50.1 Å². The number of rotatable bonds is 2. The maximum absolute atomic E-state index is 12.1. The third kappa shape index (κ3) is 2.96. The predicted octanol–water partition coefficient (Wildman–Crippen LogP) is 4.46. The number of hydrogen-bond donors (Lipinski definition) is 1. The Hall–Kier alpha value is -0.780. The molecule has 0 aliphatic carbocycles. The van der Waals surface area contributed by atoms with Gasteiger partial charge in [0.15, 0.2) is 0 Å². The molecule has 0 spiro atoms. The number of hydrogen-bond acceptors (Lipinski definition) is 1. The Bertz CT molecular complexity index is 610. The van der Waals surface area contributed by atoms with Crippen molar-refractivity contribution in [2.75, 3.05) is 5.32 Å². The molecule has 0 bridgehead atoms. The fraction of sp³-hybridized carbons (Fsp3) is 0.0833. The van der Waals surface area contributed by atoms with Crippen LogP contribution < -0.4 is 5.32 Å². The molecule has 0 fully saturated rings. The van der Waals surface area contributed by atoms with E-state index in [0.717, 1.165) is 8.95 Å². The minimum Gasteiger partial charge on any atom is -0.345 e. The van der Waals surface area contributed by atoms with Crippen molar-refractivity contribution in [1.82, 2.24) is 4.57 Å². The summed E-state index contributed by atoms with van der Waals surface area (Å²) in [6.45, 7) is 0. The molecule has 0 unspecified atom stereocenters.